The number of phenolic OH excluding ortho intramolecular Hbond substituents is 1. The Balaban J connectivity index is 2.47. The number of methoxy groups -OCH3 is 2. The third-order valence-corrected chi connectivity index (χ3v) is 6.79. The summed E-state index contributed by atoms with van der Waals surface area (Å²) in [6.07, 6.45) is 4.76. The highest BCUT2D eigenvalue weighted by Crippen LogP contribution is 2.43. The van der Waals surface area contributed by atoms with Crippen molar-refractivity contribution in [2.45, 2.75) is 9.10 Å². The van der Waals surface area contributed by atoms with Crippen molar-refractivity contribution in [2.75, 3.05) is 31.8 Å². The van der Waals surface area contributed by atoms with E-state index in [-0.39, 0.29) is 18.1 Å². The van der Waals surface area contributed by atoms with E-state index in [1.54, 1.807) is 18.4 Å². The van der Waals surface area contributed by atoms with Crippen LogP contribution in [0.25, 0.3) is 6.08 Å². The summed E-state index contributed by atoms with van der Waals surface area (Å²) in [5.41, 5.74) is 0.777. The maximum atomic E-state index is 12.6. The van der Waals surface area contributed by atoms with Crippen LogP contribution in [-0.4, -0.2) is 53.6 Å². The number of hydrogen-bond donors (Lipinski definition) is 2. The van der Waals surface area contributed by atoms with Gasteiger partial charge in [0.15, 0.2) is 22.5 Å². The largest absolute Gasteiger partial charge is 0.504 e. The molecule has 1 aromatic carbocycles. The molecule has 1 heterocycles. The number of benzene rings is 1. The number of thioether (sulfide) groups is 1. The van der Waals surface area contributed by atoms with E-state index in [1.165, 1.54) is 55.7 Å². The Morgan fingerprint density at radius 2 is 2.21 bits per heavy atom. The molecular formula is C18H20N2O6S3. The molecule has 156 valence electrons. The molecule has 0 radical (unpaired) electrons. The van der Waals surface area contributed by atoms with Gasteiger partial charge in [0.2, 0.25) is 6.41 Å². The lowest BCUT2D eigenvalue weighted by atomic mass is 10.1. The van der Waals surface area contributed by atoms with Gasteiger partial charge in [-0.25, -0.2) is 4.21 Å². The van der Waals surface area contributed by atoms with E-state index in [2.05, 4.69) is 4.72 Å². The number of aromatic hydroxyl groups is 1. The van der Waals surface area contributed by atoms with E-state index < -0.39 is 16.9 Å². The second-order valence-corrected chi connectivity index (χ2v) is 8.58. The molecule has 29 heavy (non-hydrogen) atoms. The molecule has 0 fully saturated rings. The van der Waals surface area contributed by atoms with Gasteiger partial charge in [0.05, 0.1) is 12.8 Å². The van der Waals surface area contributed by atoms with Gasteiger partial charge in [-0.15, -0.1) is 23.1 Å². The smallest absolute Gasteiger partial charge is 0.259 e. The Hall–Kier alpha value is -2.34. The highest BCUT2D eigenvalue weighted by molar-refractivity contribution is 7.99. The fourth-order valence-electron chi connectivity index (χ4n) is 2.31. The van der Waals surface area contributed by atoms with Crippen LogP contribution in [0.4, 0.5) is 5.69 Å². The summed E-state index contributed by atoms with van der Waals surface area (Å²) in [6.45, 7) is -0.269. The zero-order chi connectivity index (χ0) is 21.4. The van der Waals surface area contributed by atoms with Gasteiger partial charge in [0, 0.05) is 29.8 Å². The highest BCUT2D eigenvalue weighted by atomic mass is 32.2. The van der Waals surface area contributed by atoms with Gasteiger partial charge >= 0.3 is 0 Å². The lowest BCUT2D eigenvalue weighted by Crippen LogP contribution is -2.27. The van der Waals surface area contributed by atoms with Crippen molar-refractivity contribution >= 4 is 58.2 Å². The van der Waals surface area contributed by atoms with E-state index in [9.17, 15) is 18.9 Å². The number of carbonyl (C=O) groups excluding carboxylic acids is 2. The minimum absolute atomic E-state index is 0.147. The SMILES string of the molecule is COCC(=O)N(C=O)/C=C/c1c(O)c(OC)cc(NS(=O)c2cccs2)c1SC. The van der Waals surface area contributed by atoms with Crippen molar-refractivity contribution in [3.05, 3.63) is 35.3 Å². The number of nitrogens with one attached hydrogen (secondary N) is 1. The molecule has 1 unspecified atom stereocenters. The van der Waals surface area contributed by atoms with Crippen LogP contribution in [0.3, 0.4) is 0 Å². The molecule has 2 N–H and O–H groups in total. The number of amides is 2. The van der Waals surface area contributed by atoms with Crippen molar-refractivity contribution in [3.63, 3.8) is 0 Å². The zero-order valence-corrected chi connectivity index (χ0v) is 18.4. The second kappa shape index (κ2) is 11.0. The van der Waals surface area contributed by atoms with Crippen LogP contribution in [0.5, 0.6) is 11.5 Å². The summed E-state index contributed by atoms with van der Waals surface area (Å²) in [7, 11) is 1.23. The minimum Gasteiger partial charge on any atom is -0.504 e. The predicted molar refractivity (Wildman–Crippen MR) is 115 cm³/mol. The first-order chi connectivity index (χ1) is 14.0. The first-order valence-electron chi connectivity index (χ1n) is 8.10. The molecule has 0 spiro atoms. The lowest BCUT2D eigenvalue weighted by molar-refractivity contribution is -0.137. The van der Waals surface area contributed by atoms with Crippen molar-refractivity contribution in [3.8, 4) is 11.5 Å². The number of thiophene rings is 1. The molecule has 0 aliphatic carbocycles. The molecule has 2 aromatic rings. The summed E-state index contributed by atoms with van der Waals surface area (Å²) in [6, 6.07) is 5.08. The summed E-state index contributed by atoms with van der Waals surface area (Å²) in [5, 5.41) is 12.4. The molecular weight excluding hydrogens is 436 g/mol. The molecule has 2 rings (SSSR count). The fourth-order valence-corrected chi connectivity index (χ4v) is 4.84. The average Bonchev–Trinajstić information content (AvgIpc) is 3.25. The van der Waals surface area contributed by atoms with Crippen molar-refractivity contribution in [1.29, 1.82) is 0 Å². The molecule has 2 amide bonds. The molecule has 0 saturated heterocycles. The van der Waals surface area contributed by atoms with Crippen LogP contribution in [0.1, 0.15) is 5.56 Å². The number of rotatable bonds is 10. The third-order valence-electron chi connectivity index (χ3n) is 3.63. The Morgan fingerprint density at radius 3 is 2.76 bits per heavy atom. The van der Waals surface area contributed by atoms with E-state index in [0.29, 0.717) is 26.8 Å². The van der Waals surface area contributed by atoms with Gasteiger partial charge in [-0.1, -0.05) is 6.07 Å². The zero-order valence-electron chi connectivity index (χ0n) is 15.9. The van der Waals surface area contributed by atoms with Crippen molar-refractivity contribution in [2.24, 2.45) is 0 Å². The molecule has 0 saturated carbocycles. The summed E-state index contributed by atoms with van der Waals surface area (Å²) >= 11 is 2.64. The summed E-state index contributed by atoms with van der Waals surface area (Å²) in [4.78, 5) is 24.5. The summed E-state index contributed by atoms with van der Waals surface area (Å²) in [5.74, 6) is -0.594. The molecule has 11 heteroatoms. The van der Waals surface area contributed by atoms with E-state index in [4.69, 9.17) is 9.47 Å². The van der Waals surface area contributed by atoms with Crippen molar-refractivity contribution < 1.29 is 28.4 Å². The third kappa shape index (κ3) is 5.60. The number of ether oxygens (including phenoxy) is 2. The Bertz CT molecular complexity index is 915. The van der Waals surface area contributed by atoms with E-state index in [0.717, 1.165) is 4.90 Å². The number of phenols is 1. The van der Waals surface area contributed by atoms with E-state index >= 15 is 0 Å². The quantitative estimate of drug-likeness (QED) is 0.322. The Labute approximate surface area is 179 Å². The first kappa shape index (κ1) is 22.9. The molecule has 1 atom stereocenters. The number of carbonyl (C=O) groups is 2. The van der Waals surface area contributed by atoms with Gasteiger partial charge < -0.3 is 14.6 Å². The normalized spacial score (nSPS) is 12.0. The first-order valence-corrected chi connectivity index (χ1v) is 11.4. The number of hydrogen-bond acceptors (Lipinski definition) is 8. The van der Waals surface area contributed by atoms with Gasteiger partial charge in [-0.05, 0) is 23.8 Å². The van der Waals surface area contributed by atoms with Crippen LogP contribution in [-0.2, 0) is 25.3 Å². The average molecular weight is 457 g/mol. The number of imide groups is 1. The number of anilines is 1. The van der Waals surface area contributed by atoms with Crippen LogP contribution in [0.15, 0.2) is 38.9 Å². The highest BCUT2D eigenvalue weighted by Gasteiger charge is 2.19. The van der Waals surface area contributed by atoms with Gasteiger partial charge in [-0.2, -0.15) is 0 Å². The van der Waals surface area contributed by atoms with Crippen LogP contribution >= 0.6 is 23.1 Å². The minimum atomic E-state index is -1.51. The van der Waals surface area contributed by atoms with Crippen LogP contribution < -0.4 is 9.46 Å². The second-order valence-electron chi connectivity index (χ2n) is 5.38. The Kier molecular flexibility index (Phi) is 8.70. The van der Waals surface area contributed by atoms with Crippen molar-refractivity contribution in [1.82, 2.24) is 4.90 Å². The molecule has 0 aliphatic rings. The molecule has 1 aromatic heterocycles. The van der Waals surface area contributed by atoms with Gasteiger partial charge in [0.1, 0.15) is 10.8 Å². The lowest BCUT2D eigenvalue weighted by Gasteiger charge is -2.17. The molecule has 0 bridgehead atoms. The Morgan fingerprint density at radius 1 is 1.45 bits per heavy atom. The summed E-state index contributed by atoms with van der Waals surface area (Å²) < 4.78 is 26.1. The van der Waals surface area contributed by atoms with Gasteiger partial charge in [-0.3, -0.25) is 19.2 Å². The molecule has 8 nitrogen and oxygen atoms in total. The fraction of sp³-hybridized carbons (Fsp3) is 0.222. The van der Waals surface area contributed by atoms with Crippen LogP contribution in [0, 0.1) is 0 Å². The maximum Gasteiger partial charge on any atom is 0.259 e. The monoisotopic (exact) mass is 456 g/mol. The number of nitrogens with zero attached hydrogens (tertiary/aromatic N) is 1. The predicted octanol–water partition coefficient (Wildman–Crippen LogP) is 2.92. The van der Waals surface area contributed by atoms with E-state index in [1.807, 2.05) is 5.38 Å². The van der Waals surface area contributed by atoms with Gasteiger partial charge in [0.25, 0.3) is 5.91 Å². The maximum absolute atomic E-state index is 12.6. The molecule has 0 aliphatic heterocycles. The van der Waals surface area contributed by atoms with Crippen LogP contribution in [0.2, 0.25) is 0 Å². The topological polar surface area (TPSA) is 105 Å². The standard InChI is InChI=1S/C18H20N2O6S3/c1-25-10-15(22)20(11-21)7-6-12-17(23)14(26-2)9-13(18(12)27-3)19-29(24)16-5-4-8-28-16/h4-9,11,19,23H,10H2,1-3H3/b7-6+.